The summed E-state index contributed by atoms with van der Waals surface area (Å²) in [6.45, 7) is 5.28. The van der Waals surface area contributed by atoms with E-state index in [-0.39, 0.29) is 37.3 Å². The summed E-state index contributed by atoms with van der Waals surface area (Å²) in [6, 6.07) is 3.88. The molecule has 0 bridgehead atoms. The molecule has 0 aromatic heterocycles. The van der Waals surface area contributed by atoms with Crippen molar-refractivity contribution in [2.24, 2.45) is 0 Å². The Morgan fingerprint density at radius 1 is 1.36 bits per heavy atom. The summed E-state index contributed by atoms with van der Waals surface area (Å²) in [4.78, 5) is 15.0. The number of hydrogen-bond donors (Lipinski definition) is 0. The molecule has 1 aromatic carbocycles. The van der Waals surface area contributed by atoms with E-state index in [1.165, 1.54) is 23.1 Å². The normalized spacial score (nSPS) is 20.5. The van der Waals surface area contributed by atoms with Gasteiger partial charge in [0.15, 0.2) is 0 Å². The van der Waals surface area contributed by atoms with Gasteiger partial charge in [-0.2, -0.15) is 0 Å². The Bertz CT molecular complexity index is 588. The SMILES string of the molecule is CN(C)C(=O)COC[C@H]1CN(Cc2c(F)cccc2F)CC(C)(C)O1. The molecule has 1 atom stereocenters. The summed E-state index contributed by atoms with van der Waals surface area (Å²) in [7, 11) is 3.33. The van der Waals surface area contributed by atoms with E-state index in [1.54, 1.807) is 14.1 Å². The van der Waals surface area contributed by atoms with E-state index in [4.69, 9.17) is 9.47 Å². The van der Waals surface area contributed by atoms with Crippen LogP contribution < -0.4 is 0 Å². The van der Waals surface area contributed by atoms with Gasteiger partial charge in [-0.25, -0.2) is 8.78 Å². The maximum absolute atomic E-state index is 13.9. The standard InChI is InChI=1S/C18H26F2N2O3/c1-18(2)12-22(9-14-15(19)6-5-7-16(14)20)8-13(25-18)10-24-11-17(23)21(3)4/h5-7,13H,8-12H2,1-4H3/t13-/m1/s1. The van der Waals surface area contributed by atoms with Crippen LogP contribution in [0.1, 0.15) is 19.4 Å². The van der Waals surface area contributed by atoms with Gasteiger partial charge in [-0.15, -0.1) is 0 Å². The van der Waals surface area contributed by atoms with Crippen molar-refractivity contribution < 1.29 is 23.0 Å². The molecule has 0 radical (unpaired) electrons. The molecule has 1 saturated heterocycles. The number of nitrogens with zero attached hydrogens (tertiary/aromatic N) is 2. The predicted molar refractivity (Wildman–Crippen MR) is 90.1 cm³/mol. The number of hydrogen-bond acceptors (Lipinski definition) is 4. The first-order valence-electron chi connectivity index (χ1n) is 8.29. The van der Waals surface area contributed by atoms with Crippen molar-refractivity contribution in [3.8, 4) is 0 Å². The third-order valence-corrected chi connectivity index (χ3v) is 4.02. The fraction of sp³-hybridized carbons (Fsp3) is 0.611. The number of halogens is 2. The minimum absolute atomic E-state index is 0.0186. The van der Waals surface area contributed by atoms with Crippen molar-refractivity contribution >= 4 is 5.91 Å². The third kappa shape index (κ3) is 5.73. The van der Waals surface area contributed by atoms with E-state index in [0.717, 1.165) is 0 Å². The van der Waals surface area contributed by atoms with Gasteiger partial charge in [0.1, 0.15) is 18.2 Å². The molecule has 0 N–H and O–H groups in total. The topological polar surface area (TPSA) is 42.0 Å². The van der Waals surface area contributed by atoms with Crippen LogP contribution >= 0.6 is 0 Å². The zero-order valence-electron chi connectivity index (χ0n) is 15.2. The number of carbonyl (C=O) groups excluding carboxylic acids is 1. The maximum Gasteiger partial charge on any atom is 0.248 e. The molecular formula is C18H26F2N2O3. The van der Waals surface area contributed by atoms with Crippen molar-refractivity contribution in [1.29, 1.82) is 0 Å². The highest BCUT2D eigenvalue weighted by Crippen LogP contribution is 2.24. The number of rotatable bonds is 6. The van der Waals surface area contributed by atoms with Crippen LogP contribution in [0.4, 0.5) is 8.78 Å². The van der Waals surface area contributed by atoms with Gasteiger partial charge in [0.05, 0.1) is 18.3 Å². The molecule has 25 heavy (non-hydrogen) atoms. The van der Waals surface area contributed by atoms with Crippen LogP contribution in [0.25, 0.3) is 0 Å². The molecule has 1 aromatic rings. The fourth-order valence-electron chi connectivity index (χ4n) is 2.94. The van der Waals surface area contributed by atoms with E-state index in [2.05, 4.69) is 0 Å². The molecule has 7 heteroatoms. The van der Waals surface area contributed by atoms with Crippen LogP contribution in [0.15, 0.2) is 18.2 Å². The summed E-state index contributed by atoms with van der Waals surface area (Å²) in [6.07, 6.45) is -0.270. The van der Waals surface area contributed by atoms with Crippen LogP contribution in [0.5, 0.6) is 0 Å². The minimum atomic E-state index is -0.548. The molecule has 1 aliphatic rings. The lowest BCUT2D eigenvalue weighted by molar-refractivity contribution is -0.161. The molecular weight excluding hydrogens is 330 g/mol. The van der Waals surface area contributed by atoms with Crippen LogP contribution in [0.3, 0.4) is 0 Å². The van der Waals surface area contributed by atoms with Crippen LogP contribution in [-0.2, 0) is 20.8 Å². The molecule has 140 valence electrons. The Morgan fingerprint density at radius 2 is 2.00 bits per heavy atom. The number of benzene rings is 1. The third-order valence-electron chi connectivity index (χ3n) is 4.02. The number of ether oxygens (including phenoxy) is 2. The molecule has 0 spiro atoms. The molecule has 0 unspecified atom stereocenters. The second kappa shape index (κ2) is 8.21. The van der Waals surface area contributed by atoms with Gasteiger partial charge >= 0.3 is 0 Å². The lowest BCUT2D eigenvalue weighted by atomic mass is 10.0. The van der Waals surface area contributed by atoms with Gasteiger partial charge in [-0.1, -0.05) is 6.07 Å². The second-order valence-electron chi connectivity index (χ2n) is 7.17. The molecule has 1 amide bonds. The highest BCUT2D eigenvalue weighted by molar-refractivity contribution is 5.76. The summed E-state index contributed by atoms with van der Waals surface area (Å²) >= 11 is 0. The Labute approximate surface area is 147 Å². The Hall–Kier alpha value is -1.57. The molecule has 2 rings (SSSR count). The number of morpholine rings is 1. The van der Waals surface area contributed by atoms with Gasteiger partial charge in [-0.3, -0.25) is 9.69 Å². The average Bonchev–Trinajstić information content (AvgIpc) is 2.49. The van der Waals surface area contributed by atoms with E-state index in [9.17, 15) is 13.6 Å². The molecule has 0 aliphatic carbocycles. The van der Waals surface area contributed by atoms with Gasteiger partial charge < -0.3 is 14.4 Å². The molecule has 1 heterocycles. The average molecular weight is 356 g/mol. The fourth-order valence-corrected chi connectivity index (χ4v) is 2.94. The first kappa shape index (κ1) is 19.8. The van der Waals surface area contributed by atoms with Crippen molar-refractivity contribution in [3.63, 3.8) is 0 Å². The molecule has 0 saturated carbocycles. The summed E-state index contributed by atoms with van der Waals surface area (Å²) < 4.78 is 39.2. The van der Waals surface area contributed by atoms with E-state index >= 15 is 0 Å². The molecule has 5 nitrogen and oxygen atoms in total. The van der Waals surface area contributed by atoms with Crippen LogP contribution in [-0.4, -0.2) is 67.8 Å². The van der Waals surface area contributed by atoms with Gasteiger partial charge in [0.2, 0.25) is 5.91 Å². The predicted octanol–water partition coefficient (Wildman–Crippen LogP) is 2.05. The highest BCUT2D eigenvalue weighted by atomic mass is 19.1. The number of amides is 1. The highest BCUT2D eigenvalue weighted by Gasteiger charge is 2.34. The Kier molecular flexibility index (Phi) is 6.48. The van der Waals surface area contributed by atoms with Crippen LogP contribution in [0, 0.1) is 11.6 Å². The van der Waals surface area contributed by atoms with E-state index < -0.39 is 17.2 Å². The van der Waals surface area contributed by atoms with E-state index in [0.29, 0.717) is 13.1 Å². The lowest BCUT2D eigenvalue weighted by Gasteiger charge is -2.42. The van der Waals surface area contributed by atoms with Gasteiger partial charge in [0.25, 0.3) is 0 Å². The second-order valence-corrected chi connectivity index (χ2v) is 7.17. The van der Waals surface area contributed by atoms with E-state index in [1.807, 2.05) is 18.7 Å². The van der Waals surface area contributed by atoms with Crippen LogP contribution in [0.2, 0.25) is 0 Å². The van der Waals surface area contributed by atoms with Crippen molar-refractivity contribution in [2.45, 2.75) is 32.1 Å². The quantitative estimate of drug-likeness (QED) is 0.782. The van der Waals surface area contributed by atoms with Crippen molar-refractivity contribution in [2.75, 3.05) is 40.4 Å². The van der Waals surface area contributed by atoms with Gasteiger partial charge in [-0.05, 0) is 26.0 Å². The largest absolute Gasteiger partial charge is 0.369 e. The van der Waals surface area contributed by atoms with Crippen molar-refractivity contribution in [3.05, 3.63) is 35.4 Å². The number of likely N-dealkylation sites (N-methyl/N-ethyl adjacent to an activating group) is 1. The van der Waals surface area contributed by atoms with Crippen molar-refractivity contribution in [1.82, 2.24) is 9.80 Å². The summed E-state index contributed by atoms with van der Waals surface area (Å²) in [5.74, 6) is -1.22. The first-order chi connectivity index (χ1) is 11.7. The number of carbonyl (C=O) groups is 1. The monoisotopic (exact) mass is 356 g/mol. The Balaban J connectivity index is 1.97. The Morgan fingerprint density at radius 3 is 2.60 bits per heavy atom. The summed E-state index contributed by atoms with van der Waals surface area (Å²) in [5, 5.41) is 0. The summed E-state index contributed by atoms with van der Waals surface area (Å²) in [5.41, 5.74) is -0.415. The zero-order chi connectivity index (χ0) is 18.6. The molecule has 1 fully saturated rings. The first-order valence-corrected chi connectivity index (χ1v) is 8.29. The van der Waals surface area contributed by atoms with Gasteiger partial charge in [0, 0.05) is 39.3 Å². The lowest BCUT2D eigenvalue weighted by Crippen LogP contribution is -2.53. The maximum atomic E-state index is 13.9. The smallest absolute Gasteiger partial charge is 0.248 e. The molecule has 1 aliphatic heterocycles. The zero-order valence-corrected chi connectivity index (χ0v) is 15.2. The minimum Gasteiger partial charge on any atom is -0.369 e.